The van der Waals surface area contributed by atoms with Crippen molar-refractivity contribution in [1.82, 2.24) is 9.71 Å². The van der Waals surface area contributed by atoms with Crippen LogP contribution in [0.5, 0.6) is 5.88 Å². The van der Waals surface area contributed by atoms with E-state index in [1.807, 2.05) is 12.1 Å². The number of nitrogens with one attached hydrogen (secondary N) is 1. The first kappa shape index (κ1) is 22.2. The van der Waals surface area contributed by atoms with Crippen molar-refractivity contribution >= 4 is 33.0 Å². The maximum Gasteiger partial charge on any atom is 0.270 e. The van der Waals surface area contributed by atoms with Gasteiger partial charge in [0.1, 0.15) is 10.6 Å². The van der Waals surface area contributed by atoms with Crippen molar-refractivity contribution in [3.8, 4) is 5.88 Å². The van der Waals surface area contributed by atoms with Crippen LogP contribution in [0.15, 0.2) is 41.4 Å². The van der Waals surface area contributed by atoms with Gasteiger partial charge in [0.15, 0.2) is 0 Å². The maximum atomic E-state index is 12.4. The van der Waals surface area contributed by atoms with Crippen molar-refractivity contribution in [2.24, 2.45) is 0 Å². The predicted molar refractivity (Wildman–Crippen MR) is 111 cm³/mol. The molecule has 30 heavy (non-hydrogen) atoms. The zero-order valence-electron chi connectivity index (χ0n) is 16.0. The fourth-order valence-electron chi connectivity index (χ4n) is 2.88. The first-order valence-corrected chi connectivity index (χ1v) is 11.1. The number of ether oxygens (including phenoxy) is 2. The lowest BCUT2D eigenvalue weighted by Crippen LogP contribution is -2.36. The first-order chi connectivity index (χ1) is 14.4. The zero-order valence-corrected chi connectivity index (χ0v) is 17.6. The van der Waals surface area contributed by atoms with Crippen LogP contribution in [0, 0.1) is 10.1 Å². The Morgan fingerprint density at radius 1 is 1.30 bits per heavy atom. The van der Waals surface area contributed by atoms with Crippen molar-refractivity contribution in [2.45, 2.75) is 11.3 Å². The van der Waals surface area contributed by atoms with E-state index in [1.165, 1.54) is 6.07 Å². The molecule has 2 aromatic rings. The van der Waals surface area contributed by atoms with Crippen LogP contribution in [-0.2, 0) is 14.8 Å². The highest BCUT2D eigenvalue weighted by molar-refractivity contribution is 7.89. The highest BCUT2D eigenvalue weighted by atomic mass is 35.5. The molecule has 1 saturated heterocycles. The molecule has 2 heterocycles. The highest BCUT2D eigenvalue weighted by Gasteiger charge is 2.21. The third kappa shape index (κ3) is 5.57. The Morgan fingerprint density at radius 3 is 2.80 bits per heavy atom. The van der Waals surface area contributed by atoms with E-state index in [0.717, 1.165) is 30.9 Å². The van der Waals surface area contributed by atoms with E-state index in [1.54, 1.807) is 6.20 Å². The Labute approximate surface area is 179 Å². The van der Waals surface area contributed by atoms with Crippen molar-refractivity contribution in [3.63, 3.8) is 0 Å². The number of nitrogens with zero attached hydrogens (tertiary/aromatic N) is 3. The van der Waals surface area contributed by atoms with Gasteiger partial charge in [-0.3, -0.25) is 10.1 Å². The van der Waals surface area contributed by atoms with Gasteiger partial charge in [-0.25, -0.2) is 18.1 Å². The second kappa shape index (κ2) is 10.0. The number of sulfonamides is 1. The van der Waals surface area contributed by atoms with Gasteiger partial charge < -0.3 is 14.4 Å². The van der Waals surface area contributed by atoms with E-state index < -0.39 is 14.9 Å². The molecular formula is C18H21ClN4O6S. The normalized spacial score (nSPS) is 14.5. The minimum Gasteiger partial charge on any atom is -0.476 e. The predicted octanol–water partition coefficient (Wildman–Crippen LogP) is 2.23. The molecule has 12 heteroatoms. The summed E-state index contributed by atoms with van der Waals surface area (Å²) >= 11 is 5.91. The van der Waals surface area contributed by atoms with Crippen LogP contribution < -0.4 is 14.4 Å². The fourth-order valence-corrected chi connectivity index (χ4v) is 4.47. The van der Waals surface area contributed by atoms with E-state index in [-0.39, 0.29) is 28.8 Å². The fraction of sp³-hybridized carbons (Fsp3) is 0.389. The molecule has 0 aliphatic carbocycles. The number of non-ortho nitro benzene ring substituents is 1. The summed E-state index contributed by atoms with van der Waals surface area (Å²) in [6, 6.07) is 7.01. The summed E-state index contributed by atoms with van der Waals surface area (Å²) in [5.74, 6) is 0.476. The van der Waals surface area contributed by atoms with Gasteiger partial charge in [0.05, 0.1) is 29.8 Å². The van der Waals surface area contributed by atoms with E-state index in [9.17, 15) is 18.5 Å². The Bertz CT molecular complexity index is 998. The third-order valence-electron chi connectivity index (χ3n) is 4.37. The number of rotatable bonds is 9. The molecule has 1 aromatic carbocycles. The van der Waals surface area contributed by atoms with Gasteiger partial charge in [-0.15, -0.1) is 0 Å². The molecule has 0 bridgehead atoms. The number of pyridine rings is 1. The molecule has 1 N–H and O–H groups in total. The van der Waals surface area contributed by atoms with Crippen molar-refractivity contribution in [3.05, 3.63) is 51.7 Å². The Balaban J connectivity index is 1.55. The standard InChI is InChI=1S/C18H21ClN4O6S/c19-15-5-4-14(23(24)25)13-17(15)30(26,27)21-7-2-10-29-18-16(3-1-6-20-18)22-8-11-28-12-9-22/h1,3-6,13,21H,2,7-12H2. The largest absolute Gasteiger partial charge is 0.476 e. The molecule has 0 saturated carbocycles. The molecule has 1 aromatic heterocycles. The lowest BCUT2D eigenvalue weighted by atomic mass is 10.3. The van der Waals surface area contributed by atoms with Crippen LogP contribution in [0.4, 0.5) is 11.4 Å². The smallest absolute Gasteiger partial charge is 0.270 e. The summed E-state index contributed by atoms with van der Waals surface area (Å²) in [6.45, 7) is 3.06. The summed E-state index contributed by atoms with van der Waals surface area (Å²) in [6.07, 6.45) is 2.00. The highest BCUT2D eigenvalue weighted by Crippen LogP contribution is 2.27. The quantitative estimate of drug-likeness (QED) is 0.346. The van der Waals surface area contributed by atoms with E-state index in [0.29, 0.717) is 25.5 Å². The summed E-state index contributed by atoms with van der Waals surface area (Å²) in [5, 5.41) is 10.8. The van der Waals surface area contributed by atoms with Gasteiger partial charge in [0, 0.05) is 38.0 Å². The number of aromatic nitrogens is 1. The summed E-state index contributed by atoms with van der Waals surface area (Å²) in [5.41, 5.74) is 0.513. The summed E-state index contributed by atoms with van der Waals surface area (Å²) in [7, 11) is -4.00. The van der Waals surface area contributed by atoms with Crippen LogP contribution >= 0.6 is 11.6 Å². The molecule has 0 atom stereocenters. The summed E-state index contributed by atoms with van der Waals surface area (Å²) < 4.78 is 38.3. The average Bonchev–Trinajstić information content (AvgIpc) is 2.74. The monoisotopic (exact) mass is 456 g/mol. The molecule has 0 radical (unpaired) electrons. The van der Waals surface area contributed by atoms with Gasteiger partial charge >= 0.3 is 0 Å². The molecule has 1 aliphatic heterocycles. The lowest BCUT2D eigenvalue weighted by Gasteiger charge is -2.29. The second-order valence-corrected chi connectivity index (χ2v) is 8.54. The van der Waals surface area contributed by atoms with Gasteiger partial charge in [0.25, 0.3) is 5.69 Å². The summed E-state index contributed by atoms with van der Waals surface area (Å²) in [4.78, 5) is 16.3. The van der Waals surface area contributed by atoms with E-state index >= 15 is 0 Å². The molecule has 0 spiro atoms. The molecule has 1 fully saturated rings. The van der Waals surface area contributed by atoms with Gasteiger partial charge in [-0.2, -0.15) is 0 Å². The number of hydrogen-bond donors (Lipinski definition) is 1. The topological polar surface area (TPSA) is 124 Å². The van der Waals surface area contributed by atoms with Crippen LogP contribution in [-0.4, -0.2) is 57.8 Å². The van der Waals surface area contributed by atoms with Crippen LogP contribution in [0.3, 0.4) is 0 Å². The van der Waals surface area contributed by atoms with Gasteiger partial charge in [-0.1, -0.05) is 11.6 Å². The molecule has 1 aliphatic rings. The number of nitro benzene ring substituents is 1. The lowest BCUT2D eigenvalue weighted by molar-refractivity contribution is -0.385. The number of morpholine rings is 1. The first-order valence-electron chi connectivity index (χ1n) is 9.22. The van der Waals surface area contributed by atoms with Crippen LogP contribution in [0.1, 0.15) is 6.42 Å². The minimum absolute atomic E-state index is 0.0705. The number of hydrogen-bond acceptors (Lipinski definition) is 8. The molecule has 0 unspecified atom stereocenters. The minimum atomic E-state index is -4.00. The van der Waals surface area contributed by atoms with Crippen LogP contribution in [0.2, 0.25) is 5.02 Å². The average molecular weight is 457 g/mol. The Hall–Kier alpha value is -2.47. The number of benzene rings is 1. The Kier molecular flexibility index (Phi) is 7.43. The molecular weight excluding hydrogens is 436 g/mol. The maximum absolute atomic E-state index is 12.4. The molecule has 10 nitrogen and oxygen atoms in total. The molecule has 162 valence electrons. The molecule has 0 amide bonds. The van der Waals surface area contributed by atoms with Crippen LogP contribution in [0.25, 0.3) is 0 Å². The third-order valence-corrected chi connectivity index (χ3v) is 6.31. The Morgan fingerprint density at radius 2 is 2.07 bits per heavy atom. The number of nitro groups is 1. The second-order valence-electron chi connectivity index (χ2n) is 6.40. The van der Waals surface area contributed by atoms with E-state index in [2.05, 4.69) is 14.6 Å². The van der Waals surface area contributed by atoms with Gasteiger partial charge in [-0.05, 0) is 24.6 Å². The molecule has 3 rings (SSSR count). The van der Waals surface area contributed by atoms with Gasteiger partial charge in [0.2, 0.25) is 15.9 Å². The van der Waals surface area contributed by atoms with Crippen molar-refractivity contribution in [2.75, 3.05) is 44.4 Å². The SMILES string of the molecule is O=[N+]([O-])c1ccc(Cl)c(S(=O)(=O)NCCCOc2ncccc2N2CCOCC2)c1. The van der Waals surface area contributed by atoms with Crippen molar-refractivity contribution in [1.29, 1.82) is 0 Å². The van der Waals surface area contributed by atoms with Crippen molar-refractivity contribution < 1.29 is 22.8 Å². The number of anilines is 1. The number of halogens is 1. The van der Waals surface area contributed by atoms with E-state index in [4.69, 9.17) is 21.1 Å². The zero-order chi connectivity index (χ0) is 21.6.